The summed E-state index contributed by atoms with van der Waals surface area (Å²) in [6, 6.07) is 15.6. The minimum atomic E-state index is -1.04. The summed E-state index contributed by atoms with van der Waals surface area (Å²) in [6.45, 7) is 9.31. The number of hydrogen-bond donors (Lipinski definition) is 5. The second-order valence-electron chi connectivity index (χ2n) is 13.4. The molecule has 48 heavy (non-hydrogen) atoms. The Bertz CT molecular complexity index is 1380. The third-order valence-electron chi connectivity index (χ3n) is 8.80. The third-order valence-corrected chi connectivity index (χ3v) is 8.80. The van der Waals surface area contributed by atoms with Crippen LogP contribution in [-0.2, 0) is 19.1 Å². The van der Waals surface area contributed by atoms with Crippen molar-refractivity contribution in [2.24, 2.45) is 5.92 Å². The number of nitrogens with one attached hydrogen (secondary N) is 5. The monoisotopic (exact) mass is 662 g/mol. The number of ether oxygens (including phenoxy) is 1. The summed E-state index contributed by atoms with van der Waals surface area (Å²) in [5.41, 5.74) is 1.07. The van der Waals surface area contributed by atoms with Crippen LogP contribution in [-0.4, -0.2) is 77.6 Å². The molecule has 2 fully saturated rings. The first-order valence-electron chi connectivity index (χ1n) is 17.0. The van der Waals surface area contributed by atoms with Gasteiger partial charge < -0.3 is 36.2 Å². The van der Waals surface area contributed by atoms with E-state index < -0.39 is 47.7 Å². The lowest BCUT2D eigenvalue weighted by atomic mass is 9.92. The summed E-state index contributed by atoms with van der Waals surface area (Å²) in [7, 11) is 0. The molecule has 0 aliphatic carbocycles. The topological polar surface area (TPSA) is 158 Å². The fourth-order valence-corrected chi connectivity index (χ4v) is 6.48. The number of carbonyl (C=O) groups excluding carboxylic acids is 5. The summed E-state index contributed by atoms with van der Waals surface area (Å²) in [4.78, 5) is 68.7. The summed E-state index contributed by atoms with van der Waals surface area (Å²) >= 11 is 0. The average molecular weight is 663 g/mol. The van der Waals surface area contributed by atoms with Crippen LogP contribution in [0.15, 0.2) is 60.7 Å². The van der Waals surface area contributed by atoms with Crippen LogP contribution >= 0.6 is 0 Å². The standard InChI is InChI=1S/C36H50N6O6/c1-6-27(39-35(47)48-36(3,4)5)31(43)41-30-25(22-38-34(46)37-7-2)18-19-26-20-21-28(42(26)33(30)45)32(44)40-29(23-14-10-8-11-15-23)24-16-12-9-13-17-24/h8-17,25-30H,6-7,18-22H2,1-5H3,(H,39,47)(H,40,44)(H,41,43)(H2,37,38,46)/t25-,26+,27+,28+,30+/m1/s1. The summed E-state index contributed by atoms with van der Waals surface area (Å²) in [6.07, 6.45) is 1.78. The quantitative estimate of drug-likeness (QED) is 0.247. The Hall–Kier alpha value is -4.61. The van der Waals surface area contributed by atoms with Crippen LogP contribution in [0.1, 0.15) is 83.9 Å². The lowest BCUT2D eigenvalue weighted by Crippen LogP contribution is -2.60. The molecule has 4 rings (SSSR count). The van der Waals surface area contributed by atoms with E-state index in [1.165, 1.54) is 0 Å². The molecule has 2 aliphatic heterocycles. The van der Waals surface area contributed by atoms with E-state index in [4.69, 9.17) is 4.74 Å². The van der Waals surface area contributed by atoms with Gasteiger partial charge in [-0.2, -0.15) is 0 Å². The molecule has 0 aromatic heterocycles. The number of hydrogen-bond acceptors (Lipinski definition) is 6. The van der Waals surface area contributed by atoms with Crippen molar-refractivity contribution in [1.29, 1.82) is 0 Å². The van der Waals surface area contributed by atoms with E-state index in [0.717, 1.165) is 11.1 Å². The second-order valence-corrected chi connectivity index (χ2v) is 13.4. The number of rotatable bonds is 11. The molecule has 6 amide bonds. The van der Waals surface area contributed by atoms with Gasteiger partial charge in [-0.05, 0) is 70.9 Å². The molecule has 260 valence electrons. The van der Waals surface area contributed by atoms with Crippen molar-refractivity contribution in [2.75, 3.05) is 13.1 Å². The Morgan fingerprint density at radius 2 is 1.46 bits per heavy atom. The molecule has 2 saturated heterocycles. The van der Waals surface area contributed by atoms with Crippen molar-refractivity contribution < 1.29 is 28.7 Å². The molecule has 2 aromatic carbocycles. The Morgan fingerprint density at radius 3 is 2.02 bits per heavy atom. The van der Waals surface area contributed by atoms with Gasteiger partial charge in [0.15, 0.2) is 0 Å². The first kappa shape index (κ1) is 36.2. The largest absolute Gasteiger partial charge is 0.444 e. The van der Waals surface area contributed by atoms with Crippen molar-refractivity contribution in [1.82, 2.24) is 31.5 Å². The van der Waals surface area contributed by atoms with E-state index in [0.29, 0.717) is 32.2 Å². The molecule has 12 heteroatoms. The van der Waals surface area contributed by atoms with Crippen molar-refractivity contribution in [2.45, 2.75) is 103 Å². The van der Waals surface area contributed by atoms with Gasteiger partial charge in [-0.25, -0.2) is 9.59 Å². The fourth-order valence-electron chi connectivity index (χ4n) is 6.48. The molecule has 0 unspecified atom stereocenters. The van der Waals surface area contributed by atoms with Gasteiger partial charge in [0.1, 0.15) is 23.7 Å². The minimum absolute atomic E-state index is 0.139. The molecule has 0 saturated carbocycles. The fraction of sp³-hybridized carbons (Fsp3) is 0.528. The number of benzene rings is 2. The van der Waals surface area contributed by atoms with Crippen LogP contribution in [0.4, 0.5) is 9.59 Å². The molecule has 2 heterocycles. The Balaban J connectivity index is 1.58. The lowest BCUT2D eigenvalue weighted by molar-refractivity contribution is -0.143. The van der Waals surface area contributed by atoms with Crippen LogP contribution in [0.25, 0.3) is 0 Å². The van der Waals surface area contributed by atoms with E-state index >= 15 is 0 Å². The highest BCUT2D eigenvalue weighted by atomic mass is 16.6. The van der Waals surface area contributed by atoms with Crippen LogP contribution in [0.5, 0.6) is 0 Å². The van der Waals surface area contributed by atoms with Crippen LogP contribution in [0.3, 0.4) is 0 Å². The number of urea groups is 1. The maximum absolute atomic E-state index is 14.5. The smallest absolute Gasteiger partial charge is 0.408 e. The predicted molar refractivity (Wildman–Crippen MR) is 182 cm³/mol. The second kappa shape index (κ2) is 16.5. The van der Waals surface area contributed by atoms with E-state index in [1.807, 2.05) is 60.7 Å². The molecule has 0 bridgehead atoms. The Kier molecular flexibility index (Phi) is 12.4. The number of carbonyl (C=O) groups is 5. The zero-order valence-electron chi connectivity index (χ0n) is 28.6. The maximum atomic E-state index is 14.5. The van der Waals surface area contributed by atoms with Gasteiger partial charge in [0.25, 0.3) is 0 Å². The third kappa shape index (κ3) is 9.48. The van der Waals surface area contributed by atoms with Gasteiger partial charge in [0.2, 0.25) is 17.7 Å². The average Bonchev–Trinajstić information content (AvgIpc) is 3.44. The summed E-state index contributed by atoms with van der Waals surface area (Å²) < 4.78 is 5.35. The van der Waals surface area contributed by atoms with Gasteiger partial charge in [-0.15, -0.1) is 0 Å². The highest BCUT2D eigenvalue weighted by molar-refractivity contribution is 5.95. The predicted octanol–water partition coefficient (Wildman–Crippen LogP) is 3.77. The Labute approximate surface area is 283 Å². The molecule has 2 aliphatic rings. The van der Waals surface area contributed by atoms with Gasteiger partial charge >= 0.3 is 12.1 Å². The highest BCUT2D eigenvalue weighted by Crippen LogP contribution is 2.35. The minimum Gasteiger partial charge on any atom is -0.444 e. The number of alkyl carbamates (subject to hydrolysis) is 1. The molecule has 5 atom stereocenters. The highest BCUT2D eigenvalue weighted by Gasteiger charge is 2.48. The van der Waals surface area contributed by atoms with Crippen molar-refractivity contribution in [3.8, 4) is 0 Å². The molecule has 0 spiro atoms. The number of amides is 6. The van der Waals surface area contributed by atoms with Gasteiger partial charge in [-0.1, -0.05) is 67.6 Å². The number of fused-ring (bicyclic) bond motifs is 1. The maximum Gasteiger partial charge on any atom is 0.408 e. The van der Waals surface area contributed by atoms with Crippen LogP contribution < -0.4 is 26.6 Å². The molecular weight excluding hydrogens is 612 g/mol. The number of nitrogens with zero attached hydrogens (tertiary/aromatic N) is 1. The van der Waals surface area contributed by atoms with Crippen LogP contribution in [0.2, 0.25) is 0 Å². The first-order chi connectivity index (χ1) is 22.9. The van der Waals surface area contributed by atoms with Gasteiger partial charge in [0, 0.05) is 25.0 Å². The zero-order valence-corrected chi connectivity index (χ0v) is 28.6. The van der Waals surface area contributed by atoms with Crippen molar-refractivity contribution >= 4 is 29.8 Å². The molecule has 2 aromatic rings. The molecule has 12 nitrogen and oxygen atoms in total. The SMILES string of the molecule is CCNC(=O)NC[C@H]1CC[C@H]2CC[C@@H](C(=O)NC(c3ccccc3)c3ccccc3)N2C(=O)[C@H]1NC(=O)[C@H](CC)NC(=O)OC(C)(C)C. The van der Waals surface area contributed by atoms with Crippen molar-refractivity contribution in [3.63, 3.8) is 0 Å². The Morgan fingerprint density at radius 1 is 0.854 bits per heavy atom. The van der Waals surface area contributed by atoms with Gasteiger partial charge in [-0.3, -0.25) is 14.4 Å². The summed E-state index contributed by atoms with van der Waals surface area (Å²) in [5.74, 6) is -1.64. The zero-order chi connectivity index (χ0) is 34.8. The molecule has 5 N–H and O–H groups in total. The van der Waals surface area contributed by atoms with E-state index in [9.17, 15) is 24.0 Å². The summed E-state index contributed by atoms with van der Waals surface area (Å²) in [5, 5.41) is 14.2. The normalized spacial score (nSPS) is 21.4. The van der Waals surface area contributed by atoms with Crippen LogP contribution in [0, 0.1) is 5.92 Å². The molecule has 0 radical (unpaired) electrons. The van der Waals surface area contributed by atoms with E-state index in [1.54, 1.807) is 39.5 Å². The molecular formula is C36H50N6O6. The van der Waals surface area contributed by atoms with E-state index in [2.05, 4.69) is 26.6 Å². The first-order valence-corrected chi connectivity index (χ1v) is 17.0. The lowest BCUT2D eigenvalue weighted by Gasteiger charge is -2.33. The van der Waals surface area contributed by atoms with Gasteiger partial charge in [0.05, 0.1) is 6.04 Å². The van der Waals surface area contributed by atoms with Crippen molar-refractivity contribution in [3.05, 3.63) is 71.8 Å². The van der Waals surface area contributed by atoms with E-state index in [-0.39, 0.29) is 36.9 Å².